The van der Waals surface area contributed by atoms with E-state index in [0.29, 0.717) is 22.1 Å². The molecule has 3 N–H and O–H groups in total. The number of rotatable bonds is 7. The Hall–Kier alpha value is -2.57. The van der Waals surface area contributed by atoms with E-state index in [1.54, 1.807) is 57.5 Å². The molecule has 0 aliphatic carbocycles. The van der Waals surface area contributed by atoms with Crippen LogP contribution in [0.1, 0.15) is 6.92 Å². The molecule has 1 unspecified atom stereocenters. The first-order chi connectivity index (χ1) is 12.4. The Balaban J connectivity index is 1.93. The van der Waals surface area contributed by atoms with E-state index in [-0.39, 0.29) is 18.4 Å². The highest BCUT2D eigenvalue weighted by Gasteiger charge is 2.24. The standard InChI is InChI=1S/C19H22ClN3O3/c1-13(19(25)22-16-10-6-7-11-17(16)26-3)23(2)12-18(24)21-15-9-5-4-8-14(15)20/h4-11,13H,12H2,1-3H3,(H,21,24)(H,22,25)/p+1/t13-/m1/s1. The van der Waals surface area contributed by atoms with Crippen molar-refractivity contribution in [2.24, 2.45) is 0 Å². The number of nitrogens with one attached hydrogen (secondary N) is 3. The number of likely N-dealkylation sites (N-methyl/N-ethyl adjacent to an activating group) is 1. The van der Waals surface area contributed by atoms with Crippen molar-refractivity contribution in [2.75, 3.05) is 31.3 Å². The van der Waals surface area contributed by atoms with Crippen LogP contribution >= 0.6 is 11.6 Å². The Morgan fingerprint density at radius 2 is 1.69 bits per heavy atom. The maximum Gasteiger partial charge on any atom is 0.282 e. The first kappa shape index (κ1) is 19.8. The summed E-state index contributed by atoms with van der Waals surface area (Å²) in [6, 6.07) is 13.8. The van der Waals surface area contributed by atoms with E-state index in [4.69, 9.17) is 16.3 Å². The Bertz CT molecular complexity index is 782. The second-order valence-corrected chi connectivity index (χ2v) is 6.37. The van der Waals surface area contributed by atoms with Crippen LogP contribution in [-0.4, -0.2) is 38.6 Å². The van der Waals surface area contributed by atoms with E-state index >= 15 is 0 Å². The number of amides is 2. The van der Waals surface area contributed by atoms with Gasteiger partial charge in [0.25, 0.3) is 11.8 Å². The molecule has 2 amide bonds. The topological polar surface area (TPSA) is 71.9 Å². The average molecular weight is 377 g/mol. The summed E-state index contributed by atoms with van der Waals surface area (Å²) in [4.78, 5) is 25.4. The van der Waals surface area contributed by atoms with Gasteiger partial charge in [0, 0.05) is 0 Å². The van der Waals surface area contributed by atoms with Crippen molar-refractivity contribution in [3.63, 3.8) is 0 Å². The molecule has 2 aromatic rings. The van der Waals surface area contributed by atoms with Gasteiger partial charge in [0.1, 0.15) is 5.75 Å². The van der Waals surface area contributed by atoms with Gasteiger partial charge in [-0.3, -0.25) is 9.59 Å². The quantitative estimate of drug-likeness (QED) is 0.690. The van der Waals surface area contributed by atoms with Gasteiger partial charge in [-0.2, -0.15) is 0 Å². The van der Waals surface area contributed by atoms with Crippen LogP contribution in [0.25, 0.3) is 0 Å². The predicted molar refractivity (Wildman–Crippen MR) is 103 cm³/mol. The van der Waals surface area contributed by atoms with Gasteiger partial charge in [-0.25, -0.2) is 0 Å². The molecule has 0 fully saturated rings. The summed E-state index contributed by atoms with van der Waals surface area (Å²) >= 11 is 6.04. The lowest BCUT2D eigenvalue weighted by Gasteiger charge is -2.21. The van der Waals surface area contributed by atoms with Crippen molar-refractivity contribution in [3.8, 4) is 5.75 Å². The summed E-state index contributed by atoms with van der Waals surface area (Å²) in [6.45, 7) is 1.90. The lowest BCUT2D eigenvalue weighted by Crippen LogP contribution is -3.14. The third kappa shape index (κ3) is 5.21. The smallest absolute Gasteiger partial charge is 0.282 e. The molecule has 0 heterocycles. The molecular weight excluding hydrogens is 354 g/mol. The van der Waals surface area contributed by atoms with E-state index in [2.05, 4.69) is 10.6 Å². The fraction of sp³-hybridized carbons (Fsp3) is 0.263. The van der Waals surface area contributed by atoms with Crippen LogP contribution in [0.2, 0.25) is 5.02 Å². The number of ether oxygens (including phenoxy) is 1. The first-order valence-electron chi connectivity index (χ1n) is 8.23. The van der Waals surface area contributed by atoms with E-state index in [9.17, 15) is 9.59 Å². The first-order valence-corrected chi connectivity index (χ1v) is 8.60. The van der Waals surface area contributed by atoms with Gasteiger partial charge in [0.15, 0.2) is 12.6 Å². The highest BCUT2D eigenvalue weighted by molar-refractivity contribution is 6.33. The van der Waals surface area contributed by atoms with Gasteiger partial charge in [-0.05, 0) is 31.2 Å². The molecule has 0 aliphatic heterocycles. The Kier molecular flexibility index (Phi) is 7.00. The van der Waals surface area contributed by atoms with Crippen molar-refractivity contribution in [1.29, 1.82) is 0 Å². The van der Waals surface area contributed by atoms with E-state index in [1.807, 2.05) is 12.1 Å². The van der Waals surface area contributed by atoms with Crippen molar-refractivity contribution in [3.05, 3.63) is 53.6 Å². The highest BCUT2D eigenvalue weighted by atomic mass is 35.5. The van der Waals surface area contributed by atoms with Crippen LogP contribution in [0.4, 0.5) is 11.4 Å². The molecule has 0 bridgehead atoms. The maximum atomic E-state index is 12.5. The molecule has 26 heavy (non-hydrogen) atoms. The minimum atomic E-state index is -0.433. The molecular formula is C19H23ClN3O3+. The third-order valence-electron chi connectivity index (χ3n) is 4.08. The number of carbonyl (C=O) groups is 2. The second kappa shape index (κ2) is 9.22. The third-order valence-corrected chi connectivity index (χ3v) is 4.41. The molecule has 7 heteroatoms. The number of methoxy groups -OCH3 is 1. The second-order valence-electron chi connectivity index (χ2n) is 5.96. The van der Waals surface area contributed by atoms with E-state index in [0.717, 1.165) is 4.90 Å². The van der Waals surface area contributed by atoms with Crippen molar-refractivity contribution >= 4 is 34.8 Å². The molecule has 2 rings (SSSR count). The van der Waals surface area contributed by atoms with Gasteiger partial charge >= 0.3 is 0 Å². The summed E-state index contributed by atoms with van der Waals surface area (Å²) in [5, 5.41) is 6.07. The molecule has 2 atom stereocenters. The van der Waals surface area contributed by atoms with Crippen LogP contribution in [-0.2, 0) is 9.59 Å². The number of hydrogen-bond donors (Lipinski definition) is 3. The normalized spacial score (nSPS) is 12.8. The van der Waals surface area contributed by atoms with Gasteiger partial charge in [-0.15, -0.1) is 0 Å². The number of carbonyl (C=O) groups excluding carboxylic acids is 2. The largest absolute Gasteiger partial charge is 0.495 e. The number of para-hydroxylation sites is 3. The zero-order valence-electron chi connectivity index (χ0n) is 15.0. The molecule has 138 valence electrons. The van der Waals surface area contributed by atoms with Crippen LogP contribution in [0, 0.1) is 0 Å². The Morgan fingerprint density at radius 1 is 1.08 bits per heavy atom. The zero-order valence-corrected chi connectivity index (χ0v) is 15.8. The van der Waals surface area contributed by atoms with Crippen molar-refractivity contribution in [2.45, 2.75) is 13.0 Å². The molecule has 2 aromatic carbocycles. The average Bonchev–Trinajstić information content (AvgIpc) is 2.63. The fourth-order valence-electron chi connectivity index (χ4n) is 2.38. The van der Waals surface area contributed by atoms with Crippen LogP contribution < -0.4 is 20.3 Å². The monoisotopic (exact) mass is 376 g/mol. The summed E-state index contributed by atoms with van der Waals surface area (Å²) in [7, 11) is 3.34. The van der Waals surface area contributed by atoms with Gasteiger partial charge in [0.2, 0.25) is 0 Å². The summed E-state index contributed by atoms with van der Waals surface area (Å²) in [5.74, 6) is 0.173. The predicted octanol–water partition coefficient (Wildman–Crippen LogP) is 1.83. The minimum absolute atomic E-state index is 0.131. The Morgan fingerprint density at radius 3 is 2.35 bits per heavy atom. The van der Waals surface area contributed by atoms with E-state index in [1.165, 1.54) is 0 Å². The number of quaternary nitrogens is 1. The number of anilines is 2. The maximum absolute atomic E-state index is 12.5. The molecule has 0 saturated carbocycles. The SMILES string of the molecule is COc1ccccc1NC(=O)[C@@H](C)[NH+](C)CC(=O)Nc1ccccc1Cl. The van der Waals surface area contributed by atoms with Crippen LogP contribution in [0.15, 0.2) is 48.5 Å². The Labute approximate surface area is 158 Å². The highest BCUT2D eigenvalue weighted by Crippen LogP contribution is 2.23. The molecule has 0 radical (unpaired) electrons. The van der Waals surface area contributed by atoms with Gasteiger partial charge in [0.05, 0.1) is 30.6 Å². The van der Waals surface area contributed by atoms with Gasteiger partial charge in [-0.1, -0.05) is 35.9 Å². The molecule has 0 saturated heterocycles. The number of benzene rings is 2. The molecule has 0 spiro atoms. The molecule has 6 nitrogen and oxygen atoms in total. The van der Waals surface area contributed by atoms with Crippen molar-refractivity contribution in [1.82, 2.24) is 0 Å². The minimum Gasteiger partial charge on any atom is -0.495 e. The molecule has 0 aromatic heterocycles. The summed E-state index contributed by atoms with van der Waals surface area (Å²) < 4.78 is 5.23. The fourth-order valence-corrected chi connectivity index (χ4v) is 2.56. The number of halogens is 1. The molecule has 0 aliphatic rings. The van der Waals surface area contributed by atoms with Gasteiger partial charge < -0.3 is 20.3 Å². The lowest BCUT2D eigenvalue weighted by atomic mass is 10.2. The zero-order chi connectivity index (χ0) is 19.1. The van der Waals surface area contributed by atoms with Crippen LogP contribution in [0.5, 0.6) is 5.75 Å². The van der Waals surface area contributed by atoms with E-state index < -0.39 is 6.04 Å². The summed E-state index contributed by atoms with van der Waals surface area (Å²) in [6.07, 6.45) is 0. The summed E-state index contributed by atoms with van der Waals surface area (Å²) in [5.41, 5.74) is 1.15. The number of hydrogen-bond acceptors (Lipinski definition) is 3. The van der Waals surface area contributed by atoms with Crippen molar-refractivity contribution < 1.29 is 19.2 Å². The van der Waals surface area contributed by atoms with Crippen LogP contribution in [0.3, 0.4) is 0 Å². The lowest BCUT2D eigenvalue weighted by molar-refractivity contribution is -0.885.